The van der Waals surface area contributed by atoms with Gasteiger partial charge in [-0.3, -0.25) is 0 Å². The highest BCUT2D eigenvalue weighted by Crippen LogP contribution is 2.06. The number of hydrogen-bond donors (Lipinski definition) is 0. The standard InChI is InChI=1S/C14H14N/c1-15-11-9-14(10-12-15)8-7-13-5-3-2-4-6-13/h2-6,9,11-12,14H,10H2,1H3/q+1. The van der Waals surface area contributed by atoms with Crippen molar-refractivity contribution in [1.29, 1.82) is 0 Å². The molecule has 1 aromatic carbocycles. The Kier molecular flexibility index (Phi) is 2.99. The highest BCUT2D eigenvalue weighted by molar-refractivity contribution is 5.55. The lowest BCUT2D eigenvalue weighted by atomic mass is 10.0. The van der Waals surface area contributed by atoms with Gasteiger partial charge in [0.1, 0.15) is 13.3 Å². The van der Waals surface area contributed by atoms with Gasteiger partial charge in [-0.1, -0.05) is 30.0 Å². The molecule has 2 rings (SSSR count). The molecule has 1 aromatic rings. The molecule has 0 saturated carbocycles. The average molecular weight is 196 g/mol. The minimum atomic E-state index is 0.362. The van der Waals surface area contributed by atoms with Crippen molar-refractivity contribution in [2.24, 2.45) is 5.92 Å². The fourth-order valence-electron chi connectivity index (χ4n) is 1.46. The zero-order valence-electron chi connectivity index (χ0n) is 8.85. The molecule has 0 saturated heterocycles. The molecule has 1 heteroatoms. The van der Waals surface area contributed by atoms with Crippen LogP contribution in [-0.2, 0) is 0 Å². The van der Waals surface area contributed by atoms with E-state index in [-0.39, 0.29) is 0 Å². The van der Waals surface area contributed by atoms with E-state index in [1.807, 2.05) is 37.4 Å². The summed E-state index contributed by atoms with van der Waals surface area (Å²) >= 11 is 0. The van der Waals surface area contributed by atoms with E-state index in [4.69, 9.17) is 0 Å². The quantitative estimate of drug-likeness (QED) is 0.442. The van der Waals surface area contributed by atoms with Crippen LogP contribution in [-0.4, -0.2) is 17.8 Å². The molecule has 1 nitrogen and oxygen atoms in total. The Labute approximate surface area is 90.8 Å². The predicted molar refractivity (Wildman–Crippen MR) is 62.8 cm³/mol. The highest BCUT2D eigenvalue weighted by Gasteiger charge is 2.07. The second kappa shape index (κ2) is 4.61. The summed E-state index contributed by atoms with van der Waals surface area (Å²) in [6.07, 6.45) is 7.38. The highest BCUT2D eigenvalue weighted by atomic mass is 14.9. The molecule has 0 aliphatic carbocycles. The molecule has 1 heterocycles. The van der Waals surface area contributed by atoms with Crippen LogP contribution in [0.1, 0.15) is 12.0 Å². The Morgan fingerprint density at radius 1 is 1.27 bits per heavy atom. The van der Waals surface area contributed by atoms with Crippen LogP contribution in [0.25, 0.3) is 0 Å². The SMILES string of the molecule is C[N+]1=CCC(C#Cc2ccccc2)C=C1. The smallest absolute Gasteiger partial charge is 0.165 e. The second-order valence-corrected chi connectivity index (χ2v) is 3.67. The van der Waals surface area contributed by atoms with Gasteiger partial charge in [0.05, 0.1) is 5.92 Å². The zero-order valence-corrected chi connectivity index (χ0v) is 8.85. The molecule has 1 unspecified atom stereocenters. The Balaban J connectivity index is 2.05. The summed E-state index contributed by atoms with van der Waals surface area (Å²) in [4.78, 5) is 0. The number of benzene rings is 1. The Bertz CT molecular complexity index is 443. The van der Waals surface area contributed by atoms with Gasteiger partial charge in [0.2, 0.25) is 0 Å². The van der Waals surface area contributed by atoms with Crippen molar-refractivity contribution >= 4 is 6.21 Å². The summed E-state index contributed by atoms with van der Waals surface area (Å²) in [5.41, 5.74) is 1.09. The van der Waals surface area contributed by atoms with Crippen LogP contribution in [0.4, 0.5) is 0 Å². The van der Waals surface area contributed by atoms with Crippen LogP contribution in [0.5, 0.6) is 0 Å². The Morgan fingerprint density at radius 2 is 2.07 bits per heavy atom. The number of nitrogens with zero attached hydrogens (tertiary/aromatic N) is 1. The predicted octanol–water partition coefficient (Wildman–Crippen LogP) is 2.28. The zero-order chi connectivity index (χ0) is 10.5. The van der Waals surface area contributed by atoms with Crippen LogP contribution >= 0.6 is 0 Å². The Morgan fingerprint density at radius 3 is 2.73 bits per heavy atom. The maximum Gasteiger partial charge on any atom is 0.165 e. The van der Waals surface area contributed by atoms with Crippen LogP contribution in [0, 0.1) is 17.8 Å². The van der Waals surface area contributed by atoms with E-state index >= 15 is 0 Å². The fraction of sp³-hybridized carbons (Fsp3) is 0.214. The largest absolute Gasteiger partial charge is 0.212 e. The van der Waals surface area contributed by atoms with Crippen molar-refractivity contribution in [3.63, 3.8) is 0 Å². The summed E-state index contributed by atoms with van der Waals surface area (Å²) in [7, 11) is 2.04. The van der Waals surface area contributed by atoms with Crippen molar-refractivity contribution in [2.45, 2.75) is 6.42 Å². The summed E-state index contributed by atoms with van der Waals surface area (Å²) in [5, 5.41) is 0. The molecule has 15 heavy (non-hydrogen) atoms. The van der Waals surface area contributed by atoms with Crippen LogP contribution in [0.15, 0.2) is 42.6 Å². The van der Waals surface area contributed by atoms with E-state index in [0.717, 1.165) is 12.0 Å². The van der Waals surface area contributed by atoms with E-state index in [9.17, 15) is 0 Å². The van der Waals surface area contributed by atoms with Crippen LogP contribution < -0.4 is 0 Å². The molecule has 0 fully saturated rings. The minimum absolute atomic E-state index is 0.362. The topological polar surface area (TPSA) is 3.01 Å². The maximum atomic E-state index is 3.26. The lowest BCUT2D eigenvalue weighted by molar-refractivity contribution is -0.420. The van der Waals surface area contributed by atoms with Gasteiger partial charge in [0.25, 0.3) is 0 Å². The van der Waals surface area contributed by atoms with Crippen LogP contribution in [0.2, 0.25) is 0 Å². The molecule has 0 bridgehead atoms. The fourth-order valence-corrected chi connectivity index (χ4v) is 1.46. The van der Waals surface area contributed by atoms with Gasteiger partial charge in [-0.15, -0.1) is 0 Å². The molecular weight excluding hydrogens is 182 g/mol. The molecule has 1 aliphatic rings. The number of hydrogen-bond acceptors (Lipinski definition) is 0. The molecule has 0 aromatic heterocycles. The summed E-state index contributed by atoms with van der Waals surface area (Å²) in [6.45, 7) is 0. The second-order valence-electron chi connectivity index (χ2n) is 3.67. The molecule has 0 spiro atoms. The molecule has 74 valence electrons. The van der Waals surface area contributed by atoms with Crippen molar-refractivity contribution in [3.05, 3.63) is 48.2 Å². The average Bonchev–Trinajstić information content (AvgIpc) is 2.30. The minimum Gasteiger partial charge on any atom is -0.212 e. The van der Waals surface area contributed by atoms with Crippen molar-refractivity contribution < 1.29 is 4.58 Å². The van der Waals surface area contributed by atoms with Crippen molar-refractivity contribution in [1.82, 2.24) is 0 Å². The lowest BCUT2D eigenvalue weighted by Gasteiger charge is -2.02. The first-order chi connectivity index (χ1) is 7.34. The maximum absolute atomic E-state index is 3.26. The van der Waals surface area contributed by atoms with E-state index in [1.165, 1.54) is 0 Å². The summed E-state index contributed by atoms with van der Waals surface area (Å²) in [6, 6.07) is 10.1. The third-order valence-corrected chi connectivity index (χ3v) is 2.38. The first kappa shape index (κ1) is 9.73. The summed E-state index contributed by atoms with van der Waals surface area (Å²) in [5.74, 6) is 6.82. The Hall–Kier alpha value is -1.81. The van der Waals surface area contributed by atoms with E-state index < -0.39 is 0 Å². The van der Waals surface area contributed by atoms with Gasteiger partial charge in [-0.25, -0.2) is 4.58 Å². The lowest BCUT2D eigenvalue weighted by Crippen LogP contribution is -2.08. The number of allylic oxidation sites excluding steroid dienone is 1. The van der Waals surface area contributed by atoms with Gasteiger partial charge in [-0.05, 0) is 18.2 Å². The molecule has 1 atom stereocenters. The van der Waals surface area contributed by atoms with E-state index in [2.05, 4.69) is 34.9 Å². The molecular formula is C14H14N+. The van der Waals surface area contributed by atoms with E-state index in [0.29, 0.717) is 5.92 Å². The van der Waals surface area contributed by atoms with Gasteiger partial charge in [0, 0.05) is 12.0 Å². The van der Waals surface area contributed by atoms with Crippen molar-refractivity contribution in [2.75, 3.05) is 7.05 Å². The van der Waals surface area contributed by atoms with Gasteiger partial charge in [-0.2, -0.15) is 0 Å². The van der Waals surface area contributed by atoms with Gasteiger partial charge in [0.15, 0.2) is 6.20 Å². The molecule has 0 radical (unpaired) electrons. The van der Waals surface area contributed by atoms with E-state index in [1.54, 1.807) is 0 Å². The molecule has 1 aliphatic heterocycles. The van der Waals surface area contributed by atoms with Gasteiger partial charge < -0.3 is 0 Å². The molecule has 0 amide bonds. The third-order valence-electron chi connectivity index (χ3n) is 2.38. The molecule has 0 N–H and O–H groups in total. The first-order valence-corrected chi connectivity index (χ1v) is 5.15. The van der Waals surface area contributed by atoms with Crippen LogP contribution in [0.3, 0.4) is 0 Å². The normalized spacial score (nSPS) is 19.0. The summed E-state index contributed by atoms with van der Waals surface area (Å²) < 4.78 is 2.07. The number of rotatable bonds is 0. The van der Waals surface area contributed by atoms with Gasteiger partial charge >= 0.3 is 0 Å². The monoisotopic (exact) mass is 196 g/mol. The van der Waals surface area contributed by atoms with Crippen molar-refractivity contribution in [3.8, 4) is 11.8 Å². The first-order valence-electron chi connectivity index (χ1n) is 5.15. The third kappa shape index (κ3) is 2.82.